The van der Waals surface area contributed by atoms with Gasteiger partial charge >= 0.3 is 0 Å². The van der Waals surface area contributed by atoms with E-state index in [1.165, 1.54) is 12.0 Å². The molecule has 1 aromatic carbocycles. The molecular formula is C17H25N3. The van der Waals surface area contributed by atoms with Crippen LogP contribution in [0.5, 0.6) is 0 Å². The van der Waals surface area contributed by atoms with Crippen LogP contribution in [0.3, 0.4) is 0 Å². The molecule has 0 unspecified atom stereocenters. The van der Waals surface area contributed by atoms with Gasteiger partial charge in [0.2, 0.25) is 0 Å². The summed E-state index contributed by atoms with van der Waals surface area (Å²) in [4.78, 5) is 2.35. The van der Waals surface area contributed by atoms with Crippen LogP contribution < -0.4 is 10.2 Å². The fourth-order valence-electron chi connectivity index (χ4n) is 2.79. The molecule has 2 rings (SSSR count). The second-order valence-electron chi connectivity index (χ2n) is 6.48. The van der Waals surface area contributed by atoms with Gasteiger partial charge in [0.25, 0.3) is 0 Å². The van der Waals surface area contributed by atoms with E-state index in [1.807, 2.05) is 6.07 Å². The number of nitriles is 1. The Balaban J connectivity index is 2.13. The predicted molar refractivity (Wildman–Crippen MR) is 83.8 cm³/mol. The first-order valence-electron chi connectivity index (χ1n) is 7.54. The van der Waals surface area contributed by atoms with Crippen LogP contribution in [0.25, 0.3) is 0 Å². The van der Waals surface area contributed by atoms with Crippen molar-refractivity contribution in [2.45, 2.75) is 40.2 Å². The van der Waals surface area contributed by atoms with Gasteiger partial charge in [0.15, 0.2) is 0 Å². The Morgan fingerprint density at radius 2 is 2.20 bits per heavy atom. The van der Waals surface area contributed by atoms with Crippen LogP contribution >= 0.6 is 0 Å². The highest BCUT2D eigenvalue weighted by atomic mass is 15.2. The van der Waals surface area contributed by atoms with Gasteiger partial charge in [-0.15, -0.1) is 0 Å². The van der Waals surface area contributed by atoms with Crippen molar-refractivity contribution in [1.82, 2.24) is 5.32 Å². The highest BCUT2D eigenvalue weighted by Crippen LogP contribution is 2.34. The molecule has 0 amide bonds. The third-order valence-corrected chi connectivity index (χ3v) is 3.96. The molecule has 3 nitrogen and oxygen atoms in total. The van der Waals surface area contributed by atoms with Gasteiger partial charge in [-0.2, -0.15) is 5.26 Å². The number of hydrogen-bond acceptors (Lipinski definition) is 3. The zero-order valence-electron chi connectivity index (χ0n) is 12.9. The summed E-state index contributed by atoms with van der Waals surface area (Å²) < 4.78 is 0. The molecule has 108 valence electrons. The van der Waals surface area contributed by atoms with E-state index in [0.29, 0.717) is 5.41 Å². The molecule has 1 N–H and O–H groups in total. The second kappa shape index (κ2) is 6.28. The van der Waals surface area contributed by atoms with E-state index in [-0.39, 0.29) is 0 Å². The van der Waals surface area contributed by atoms with E-state index in [0.717, 1.165) is 43.9 Å². The number of nitrogens with zero attached hydrogens (tertiary/aromatic N) is 2. The summed E-state index contributed by atoms with van der Waals surface area (Å²) in [5, 5.41) is 12.8. The molecule has 0 aromatic heterocycles. The van der Waals surface area contributed by atoms with Crippen LogP contribution in [0.1, 0.15) is 44.7 Å². The lowest BCUT2D eigenvalue weighted by Crippen LogP contribution is -2.23. The molecule has 1 fully saturated rings. The standard InChI is InChI=1S/C17H25N3/c1-4-8-19-12-14-5-6-16(15(10-14)11-18)20-9-7-17(2,3)13-20/h5-6,10,19H,4,7-9,12-13H2,1-3H3. The Labute approximate surface area is 122 Å². The summed E-state index contributed by atoms with van der Waals surface area (Å²) in [5.41, 5.74) is 3.45. The van der Waals surface area contributed by atoms with Crippen LogP contribution in [0.4, 0.5) is 5.69 Å². The maximum atomic E-state index is 9.41. The maximum absolute atomic E-state index is 9.41. The molecule has 1 heterocycles. The molecule has 1 aromatic rings. The highest BCUT2D eigenvalue weighted by Gasteiger charge is 2.30. The topological polar surface area (TPSA) is 39.1 Å². The van der Waals surface area contributed by atoms with Gasteiger partial charge < -0.3 is 10.2 Å². The second-order valence-corrected chi connectivity index (χ2v) is 6.48. The summed E-state index contributed by atoms with van der Waals surface area (Å²) in [6.45, 7) is 10.7. The van der Waals surface area contributed by atoms with Gasteiger partial charge in [-0.05, 0) is 42.5 Å². The maximum Gasteiger partial charge on any atom is 0.101 e. The summed E-state index contributed by atoms with van der Waals surface area (Å²) in [6, 6.07) is 8.65. The fourth-order valence-corrected chi connectivity index (χ4v) is 2.79. The summed E-state index contributed by atoms with van der Waals surface area (Å²) in [6.07, 6.45) is 2.32. The van der Waals surface area contributed by atoms with Crippen LogP contribution in [-0.4, -0.2) is 19.6 Å². The zero-order valence-corrected chi connectivity index (χ0v) is 12.9. The van der Waals surface area contributed by atoms with Crippen LogP contribution in [0.15, 0.2) is 18.2 Å². The highest BCUT2D eigenvalue weighted by molar-refractivity contribution is 5.61. The first-order chi connectivity index (χ1) is 9.55. The molecule has 0 bridgehead atoms. The van der Waals surface area contributed by atoms with Gasteiger partial charge in [0, 0.05) is 19.6 Å². The van der Waals surface area contributed by atoms with Gasteiger partial charge in [-0.25, -0.2) is 0 Å². The molecule has 1 saturated heterocycles. The van der Waals surface area contributed by atoms with Crippen molar-refractivity contribution < 1.29 is 0 Å². The monoisotopic (exact) mass is 271 g/mol. The van der Waals surface area contributed by atoms with Crippen molar-refractivity contribution in [2.24, 2.45) is 5.41 Å². The normalized spacial score (nSPS) is 17.2. The summed E-state index contributed by atoms with van der Waals surface area (Å²) >= 11 is 0. The number of benzene rings is 1. The van der Waals surface area contributed by atoms with E-state index in [2.05, 4.69) is 49.2 Å². The van der Waals surface area contributed by atoms with E-state index < -0.39 is 0 Å². The predicted octanol–water partition coefficient (Wildman–Crippen LogP) is 3.29. The van der Waals surface area contributed by atoms with Gasteiger partial charge in [0.1, 0.15) is 6.07 Å². The minimum atomic E-state index is 0.355. The average molecular weight is 271 g/mol. The van der Waals surface area contributed by atoms with Crippen molar-refractivity contribution in [3.05, 3.63) is 29.3 Å². The molecule has 3 heteroatoms. The third-order valence-electron chi connectivity index (χ3n) is 3.96. The quantitative estimate of drug-likeness (QED) is 0.835. The SMILES string of the molecule is CCCNCc1ccc(N2CCC(C)(C)C2)c(C#N)c1. The van der Waals surface area contributed by atoms with E-state index in [1.54, 1.807) is 0 Å². The minimum Gasteiger partial charge on any atom is -0.370 e. The molecule has 1 aliphatic rings. The van der Waals surface area contributed by atoms with Crippen molar-refractivity contribution in [3.63, 3.8) is 0 Å². The molecule has 20 heavy (non-hydrogen) atoms. The third kappa shape index (κ3) is 3.52. The Morgan fingerprint density at radius 3 is 2.80 bits per heavy atom. The molecular weight excluding hydrogens is 246 g/mol. The molecule has 0 atom stereocenters. The van der Waals surface area contributed by atoms with Gasteiger partial charge in [-0.1, -0.05) is 26.8 Å². The summed E-state index contributed by atoms with van der Waals surface area (Å²) in [7, 11) is 0. The van der Waals surface area contributed by atoms with E-state index in [9.17, 15) is 5.26 Å². The average Bonchev–Trinajstić information content (AvgIpc) is 2.79. The molecule has 0 aliphatic carbocycles. The Bertz CT molecular complexity index is 499. The van der Waals surface area contributed by atoms with E-state index in [4.69, 9.17) is 0 Å². The van der Waals surface area contributed by atoms with Crippen LogP contribution in [0.2, 0.25) is 0 Å². The fraction of sp³-hybridized carbons (Fsp3) is 0.588. The molecule has 0 spiro atoms. The molecule has 1 aliphatic heterocycles. The van der Waals surface area contributed by atoms with Crippen LogP contribution in [-0.2, 0) is 6.54 Å². The lowest BCUT2D eigenvalue weighted by atomic mass is 9.93. The number of hydrogen-bond donors (Lipinski definition) is 1. The Morgan fingerprint density at radius 1 is 1.40 bits per heavy atom. The van der Waals surface area contributed by atoms with E-state index >= 15 is 0 Å². The lowest BCUT2D eigenvalue weighted by Gasteiger charge is -2.23. The number of rotatable bonds is 5. The molecule has 0 radical (unpaired) electrons. The van der Waals surface area contributed by atoms with Crippen LogP contribution in [0, 0.1) is 16.7 Å². The van der Waals surface area contributed by atoms with Crippen molar-refractivity contribution >= 4 is 5.69 Å². The lowest BCUT2D eigenvalue weighted by molar-refractivity contribution is 0.418. The van der Waals surface area contributed by atoms with Crippen molar-refractivity contribution in [2.75, 3.05) is 24.5 Å². The largest absolute Gasteiger partial charge is 0.370 e. The summed E-state index contributed by atoms with van der Waals surface area (Å²) in [5.74, 6) is 0. The Hall–Kier alpha value is -1.53. The smallest absolute Gasteiger partial charge is 0.101 e. The first kappa shape index (κ1) is 14.9. The first-order valence-corrected chi connectivity index (χ1v) is 7.54. The Kier molecular flexibility index (Phi) is 4.67. The van der Waals surface area contributed by atoms with Gasteiger partial charge in [0.05, 0.1) is 11.3 Å². The van der Waals surface area contributed by atoms with Crippen molar-refractivity contribution in [1.29, 1.82) is 5.26 Å². The van der Waals surface area contributed by atoms with Gasteiger partial charge in [-0.3, -0.25) is 0 Å². The zero-order chi connectivity index (χ0) is 14.6. The van der Waals surface area contributed by atoms with Crippen molar-refractivity contribution in [3.8, 4) is 6.07 Å². The number of anilines is 1. The number of nitrogens with one attached hydrogen (secondary N) is 1. The molecule has 0 saturated carbocycles. The minimum absolute atomic E-state index is 0.355.